The average Bonchev–Trinajstić information content (AvgIpc) is 2.47. The number of hydrogen-bond acceptors (Lipinski definition) is 2. The summed E-state index contributed by atoms with van der Waals surface area (Å²) >= 11 is 3.51. The summed E-state index contributed by atoms with van der Waals surface area (Å²) in [7, 11) is -3.29. The van der Waals surface area contributed by atoms with Gasteiger partial charge in [0, 0.05) is 0 Å². The van der Waals surface area contributed by atoms with Crippen LogP contribution in [0.2, 0.25) is 0 Å². The van der Waals surface area contributed by atoms with E-state index in [-0.39, 0.29) is 16.0 Å². The molecule has 2 aromatic rings. The average molecular weight is 381 g/mol. The van der Waals surface area contributed by atoms with Crippen molar-refractivity contribution in [3.05, 3.63) is 65.7 Å². The summed E-state index contributed by atoms with van der Waals surface area (Å²) in [4.78, 5) is 0.150. The van der Waals surface area contributed by atoms with Gasteiger partial charge in [-0.3, -0.25) is 0 Å². The summed E-state index contributed by atoms with van der Waals surface area (Å²) in [5, 5.41) is 0. The fourth-order valence-corrected chi connectivity index (χ4v) is 4.90. The van der Waals surface area contributed by atoms with E-state index in [0.29, 0.717) is 4.90 Å². The summed E-state index contributed by atoms with van der Waals surface area (Å²) in [6.45, 7) is 6.48. The lowest BCUT2D eigenvalue weighted by Gasteiger charge is -2.20. The Hall–Kier alpha value is -1.13. The number of benzene rings is 2. The van der Waals surface area contributed by atoms with Crippen LogP contribution >= 0.6 is 15.9 Å². The van der Waals surface area contributed by atoms with Gasteiger partial charge in [0.2, 0.25) is 0 Å². The zero-order chi connectivity index (χ0) is 16.4. The third-order valence-corrected chi connectivity index (χ3v) is 6.65. The van der Waals surface area contributed by atoms with Gasteiger partial charge in [-0.25, -0.2) is 8.42 Å². The van der Waals surface area contributed by atoms with Gasteiger partial charge in [-0.2, -0.15) is 0 Å². The Morgan fingerprint density at radius 2 is 1.50 bits per heavy atom. The molecule has 0 radical (unpaired) electrons. The zero-order valence-electron chi connectivity index (χ0n) is 13.1. The minimum atomic E-state index is -3.29. The van der Waals surface area contributed by atoms with E-state index in [2.05, 4.69) is 48.8 Å². The van der Waals surface area contributed by atoms with Crippen molar-refractivity contribution in [3.63, 3.8) is 0 Å². The van der Waals surface area contributed by atoms with Crippen LogP contribution in [-0.2, 0) is 15.3 Å². The molecule has 1 atom stereocenters. The predicted octanol–water partition coefficient (Wildman–Crippen LogP) is 4.89. The van der Waals surface area contributed by atoms with Crippen molar-refractivity contribution >= 4 is 25.8 Å². The standard InChI is InChI=1S/C18H21BrO2S/c1-18(2,3)15-11-9-14(10-12-15)17(19)13-22(20,21)16-7-5-4-6-8-16/h4-12,17H,13H2,1-3H3. The Kier molecular flexibility index (Phi) is 5.13. The quantitative estimate of drug-likeness (QED) is 0.707. The van der Waals surface area contributed by atoms with E-state index >= 15 is 0 Å². The van der Waals surface area contributed by atoms with Gasteiger partial charge in [0.25, 0.3) is 0 Å². The highest BCUT2D eigenvalue weighted by Crippen LogP contribution is 2.29. The molecule has 118 valence electrons. The van der Waals surface area contributed by atoms with Crippen LogP contribution in [0.5, 0.6) is 0 Å². The number of sulfone groups is 1. The fourth-order valence-electron chi connectivity index (χ4n) is 2.20. The second-order valence-corrected chi connectivity index (χ2v) is 9.57. The van der Waals surface area contributed by atoms with Gasteiger partial charge in [0.1, 0.15) is 0 Å². The third-order valence-electron chi connectivity index (χ3n) is 3.61. The molecule has 22 heavy (non-hydrogen) atoms. The summed E-state index contributed by atoms with van der Waals surface area (Å²) in [6.07, 6.45) is 0. The van der Waals surface area contributed by atoms with Gasteiger partial charge in [-0.05, 0) is 28.7 Å². The van der Waals surface area contributed by atoms with Crippen LogP contribution in [-0.4, -0.2) is 14.2 Å². The molecule has 0 bridgehead atoms. The van der Waals surface area contributed by atoms with E-state index in [1.165, 1.54) is 5.56 Å². The molecule has 1 unspecified atom stereocenters. The van der Waals surface area contributed by atoms with Crippen LogP contribution in [0.1, 0.15) is 36.7 Å². The van der Waals surface area contributed by atoms with Crippen LogP contribution in [0.15, 0.2) is 59.5 Å². The van der Waals surface area contributed by atoms with Crippen LogP contribution < -0.4 is 0 Å². The number of rotatable bonds is 4. The molecular formula is C18H21BrO2S. The molecular weight excluding hydrogens is 360 g/mol. The Labute approximate surface area is 141 Å². The van der Waals surface area contributed by atoms with E-state index in [1.54, 1.807) is 24.3 Å². The third kappa shape index (κ3) is 4.20. The largest absolute Gasteiger partial charge is 0.224 e. The normalized spacial score (nSPS) is 13.8. The van der Waals surface area contributed by atoms with Crippen molar-refractivity contribution in [2.45, 2.75) is 35.9 Å². The van der Waals surface area contributed by atoms with E-state index < -0.39 is 9.84 Å². The highest BCUT2D eigenvalue weighted by Gasteiger charge is 2.21. The lowest BCUT2D eigenvalue weighted by molar-refractivity contribution is 0.589. The molecule has 0 aliphatic rings. The van der Waals surface area contributed by atoms with E-state index in [1.807, 2.05) is 18.2 Å². The van der Waals surface area contributed by atoms with Crippen molar-refractivity contribution in [3.8, 4) is 0 Å². The topological polar surface area (TPSA) is 34.1 Å². The second kappa shape index (κ2) is 6.55. The maximum absolute atomic E-state index is 12.4. The van der Waals surface area contributed by atoms with Gasteiger partial charge in [-0.1, -0.05) is 79.2 Å². The molecule has 0 saturated carbocycles. The molecule has 0 aromatic heterocycles. The first-order chi connectivity index (χ1) is 10.2. The fraction of sp³-hybridized carbons (Fsp3) is 0.333. The smallest absolute Gasteiger partial charge is 0.179 e. The van der Waals surface area contributed by atoms with E-state index in [0.717, 1.165) is 5.56 Å². The Morgan fingerprint density at radius 3 is 2.00 bits per heavy atom. The van der Waals surface area contributed by atoms with Crippen molar-refractivity contribution in [1.82, 2.24) is 0 Å². The lowest BCUT2D eigenvalue weighted by atomic mass is 9.86. The molecule has 0 aliphatic heterocycles. The predicted molar refractivity (Wildman–Crippen MR) is 95.3 cm³/mol. The zero-order valence-corrected chi connectivity index (χ0v) is 15.5. The monoisotopic (exact) mass is 380 g/mol. The summed E-state index contributed by atoms with van der Waals surface area (Å²) in [5.41, 5.74) is 2.31. The molecule has 0 amide bonds. The van der Waals surface area contributed by atoms with Crippen molar-refractivity contribution in [2.75, 3.05) is 5.75 Å². The SMILES string of the molecule is CC(C)(C)c1ccc(C(Br)CS(=O)(=O)c2ccccc2)cc1. The Balaban J connectivity index is 2.17. The molecule has 0 fully saturated rings. The summed E-state index contributed by atoms with van der Waals surface area (Å²) in [6, 6.07) is 16.7. The molecule has 0 N–H and O–H groups in total. The first-order valence-electron chi connectivity index (χ1n) is 7.22. The maximum atomic E-state index is 12.4. The van der Waals surface area contributed by atoms with Crippen LogP contribution in [0.25, 0.3) is 0 Å². The van der Waals surface area contributed by atoms with Gasteiger partial charge in [0.05, 0.1) is 15.5 Å². The van der Waals surface area contributed by atoms with Crippen LogP contribution in [0.3, 0.4) is 0 Å². The molecule has 0 aliphatic carbocycles. The summed E-state index contributed by atoms with van der Waals surface area (Å²) in [5.74, 6) is 0.0475. The summed E-state index contributed by atoms with van der Waals surface area (Å²) < 4.78 is 24.8. The van der Waals surface area contributed by atoms with Gasteiger partial charge in [0.15, 0.2) is 9.84 Å². The number of halogens is 1. The Morgan fingerprint density at radius 1 is 0.955 bits per heavy atom. The molecule has 2 nitrogen and oxygen atoms in total. The first-order valence-corrected chi connectivity index (χ1v) is 9.79. The van der Waals surface area contributed by atoms with Crippen LogP contribution in [0.4, 0.5) is 0 Å². The number of hydrogen-bond donors (Lipinski definition) is 0. The maximum Gasteiger partial charge on any atom is 0.179 e. The van der Waals surface area contributed by atoms with Gasteiger partial charge < -0.3 is 0 Å². The van der Waals surface area contributed by atoms with Crippen LogP contribution in [0, 0.1) is 0 Å². The molecule has 0 heterocycles. The highest BCUT2D eigenvalue weighted by atomic mass is 79.9. The molecule has 2 aromatic carbocycles. The first kappa shape index (κ1) is 17.2. The Bertz CT molecular complexity index is 714. The highest BCUT2D eigenvalue weighted by molar-refractivity contribution is 9.09. The molecule has 0 saturated heterocycles. The van der Waals surface area contributed by atoms with E-state index in [4.69, 9.17) is 0 Å². The second-order valence-electron chi connectivity index (χ2n) is 6.43. The van der Waals surface area contributed by atoms with E-state index in [9.17, 15) is 8.42 Å². The lowest BCUT2D eigenvalue weighted by Crippen LogP contribution is -2.13. The van der Waals surface area contributed by atoms with Gasteiger partial charge >= 0.3 is 0 Å². The molecule has 0 spiro atoms. The molecule has 4 heteroatoms. The van der Waals surface area contributed by atoms with Crippen molar-refractivity contribution in [1.29, 1.82) is 0 Å². The number of alkyl halides is 1. The minimum absolute atomic E-state index is 0.0475. The van der Waals surface area contributed by atoms with Crippen molar-refractivity contribution < 1.29 is 8.42 Å². The van der Waals surface area contributed by atoms with Gasteiger partial charge in [-0.15, -0.1) is 0 Å². The molecule has 2 rings (SSSR count). The minimum Gasteiger partial charge on any atom is -0.224 e. The van der Waals surface area contributed by atoms with Crippen molar-refractivity contribution in [2.24, 2.45) is 0 Å².